The summed E-state index contributed by atoms with van der Waals surface area (Å²) in [6.07, 6.45) is 3.90. The maximum absolute atomic E-state index is 12.4. The Labute approximate surface area is 165 Å². The van der Waals surface area contributed by atoms with E-state index in [0.29, 0.717) is 13.1 Å². The highest BCUT2D eigenvalue weighted by atomic mass is 32.2. The molecule has 1 unspecified atom stereocenters. The van der Waals surface area contributed by atoms with Gasteiger partial charge in [-0.15, -0.1) is 0 Å². The lowest BCUT2D eigenvalue weighted by Gasteiger charge is -2.52. The first-order chi connectivity index (χ1) is 13.2. The summed E-state index contributed by atoms with van der Waals surface area (Å²) in [5.41, 5.74) is 0.289. The largest absolute Gasteiger partial charge is 0.462 e. The van der Waals surface area contributed by atoms with Crippen molar-refractivity contribution in [1.82, 2.24) is 4.31 Å². The van der Waals surface area contributed by atoms with E-state index in [1.807, 2.05) is 0 Å². The monoisotopic (exact) mass is 413 g/mol. The fourth-order valence-corrected chi connectivity index (χ4v) is 5.81. The standard InChI is InChI=1S/C19H27NO7S/c1-12(5-16(21)26-15-6-19(7-15)10-25-11-19)18(22)27-17-13-3-4-14(17)9-20(8-13)28(2,23)24/h13-15,17H,1,3-11H2,2H3/t13-,14+,17?. The van der Waals surface area contributed by atoms with Crippen LogP contribution in [0.3, 0.4) is 0 Å². The van der Waals surface area contributed by atoms with Gasteiger partial charge in [0.05, 0.1) is 25.9 Å². The SMILES string of the molecule is C=C(CC(=O)OC1CC2(COC2)C1)C(=O)OC1[C@@H]2CC[C@H]1CN(S(C)(=O)=O)C2. The molecule has 4 rings (SSSR count). The van der Waals surface area contributed by atoms with Crippen LogP contribution in [-0.4, -0.2) is 69.4 Å². The first-order valence-electron chi connectivity index (χ1n) is 9.76. The van der Waals surface area contributed by atoms with E-state index in [1.54, 1.807) is 0 Å². The van der Waals surface area contributed by atoms with Crippen LogP contribution < -0.4 is 0 Å². The molecule has 3 atom stereocenters. The van der Waals surface area contributed by atoms with Crippen LogP contribution in [0.15, 0.2) is 12.2 Å². The van der Waals surface area contributed by atoms with Crippen molar-refractivity contribution in [2.45, 2.75) is 44.3 Å². The summed E-state index contributed by atoms with van der Waals surface area (Å²) in [6.45, 7) is 5.90. The second kappa shape index (κ2) is 7.11. The summed E-state index contributed by atoms with van der Waals surface area (Å²) in [6, 6.07) is 0. The van der Waals surface area contributed by atoms with Gasteiger partial charge in [0, 0.05) is 35.9 Å². The maximum atomic E-state index is 12.4. The second-order valence-corrected chi connectivity index (χ2v) is 10.8. The van der Waals surface area contributed by atoms with Gasteiger partial charge in [0.2, 0.25) is 10.0 Å². The zero-order valence-corrected chi connectivity index (χ0v) is 16.9. The van der Waals surface area contributed by atoms with Crippen LogP contribution in [0.5, 0.6) is 0 Å². The average molecular weight is 413 g/mol. The molecule has 1 spiro atoms. The molecule has 0 aromatic carbocycles. The minimum Gasteiger partial charge on any atom is -0.462 e. The van der Waals surface area contributed by atoms with Crippen LogP contribution in [-0.2, 0) is 33.8 Å². The average Bonchev–Trinajstić information content (AvgIpc) is 2.76. The van der Waals surface area contributed by atoms with Gasteiger partial charge < -0.3 is 14.2 Å². The minimum atomic E-state index is -3.24. The van der Waals surface area contributed by atoms with Gasteiger partial charge in [-0.25, -0.2) is 17.5 Å². The lowest BCUT2D eigenvalue weighted by molar-refractivity contribution is -0.211. The minimum absolute atomic E-state index is 0.00645. The summed E-state index contributed by atoms with van der Waals surface area (Å²) in [7, 11) is -3.24. The van der Waals surface area contributed by atoms with E-state index in [9.17, 15) is 18.0 Å². The van der Waals surface area contributed by atoms with Crippen molar-refractivity contribution in [3.05, 3.63) is 12.2 Å². The molecule has 0 radical (unpaired) electrons. The summed E-state index contributed by atoms with van der Waals surface area (Å²) < 4.78 is 41.3. The molecule has 9 heteroatoms. The second-order valence-electron chi connectivity index (χ2n) is 8.84. The Morgan fingerprint density at radius 3 is 2.25 bits per heavy atom. The molecule has 2 saturated heterocycles. The lowest BCUT2D eigenvalue weighted by atomic mass is 9.65. The van der Waals surface area contributed by atoms with E-state index in [1.165, 1.54) is 10.6 Å². The molecule has 0 N–H and O–H groups in total. The Kier molecular flexibility index (Phi) is 5.04. The molecule has 8 nitrogen and oxygen atoms in total. The number of rotatable bonds is 6. The van der Waals surface area contributed by atoms with Gasteiger partial charge in [0.15, 0.2) is 0 Å². The van der Waals surface area contributed by atoms with Gasteiger partial charge in [-0.05, 0) is 25.7 Å². The van der Waals surface area contributed by atoms with Crippen LogP contribution in [0, 0.1) is 17.3 Å². The highest BCUT2D eigenvalue weighted by Crippen LogP contribution is 2.48. The molecule has 2 aliphatic carbocycles. The van der Waals surface area contributed by atoms with Gasteiger partial charge in [0.1, 0.15) is 12.2 Å². The molecule has 156 valence electrons. The molecular formula is C19H27NO7S. The quantitative estimate of drug-likeness (QED) is 0.470. The number of carbonyl (C=O) groups excluding carboxylic acids is 2. The molecule has 0 aromatic heterocycles. The topological polar surface area (TPSA) is 99.2 Å². The number of fused-ring (bicyclic) bond motifs is 2. The molecule has 2 bridgehead atoms. The Bertz CT molecular complexity index is 766. The molecule has 2 saturated carbocycles. The Hall–Kier alpha value is -1.45. The van der Waals surface area contributed by atoms with E-state index in [4.69, 9.17) is 14.2 Å². The number of nitrogens with zero attached hydrogens (tertiary/aromatic N) is 1. The third kappa shape index (κ3) is 3.84. The number of sulfonamides is 1. The molecule has 28 heavy (non-hydrogen) atoms. The van der Waals surface area contributed by atoms with Crippen molar-refractivity contribution in [1.29, 1.82) is 0 Å². The van der Waals surface area contributed by atoms with E-state index in [-0.39, 0.29) is 41.5 Å². The summed E-state index contributed by atoms with van der Waals surface area (Å²) in [5.74, 6) is -1.07. The number of hydrogen-bond donors (Lipinski definition) is 0. The van der Waals surface area contributed by atoms with Crippen molar-refractivity contribution >= 4 is 22.0 Å². The normalized spacial score (nSPS) is 31.7. The highest BCUT2D eigenvalue weighted by molar-refractivity contribution is 7.88. The van der Waals surface area contributed by atoms with Gasteiger partial charge in [-0.3, -0.25) is 4.79 Å². The predicted molar refractivity (Wildman–Crippen MR) is 98.6 cm³/mol. The number of esters is 2. The molecule has 2 aliphatic heterocycles. The van der Waals surface area contributed by atoms with Crippen LogP contribution in [0.4, 0.5) is 0 Å². The Balaban J connectivity index is 1.23. The van der Waals surface area contributed by atoms with Crippen molar-refractivity contribution in [2.75, 3.05) is 32.6 Å². The zero-order chi connectivity index (χ0) is 20.1. The third-order valence-corrected chi connectivity index (χ3v) is 7.74. The summed E-state index contributed by atoms with van der Waals surface area (Å²) >= 11 is 0. The van der Waals surface area contributed by atoms with Crippen LogP contribution in [0.25, 0.3) is 0 Å². The number of piperidine rings is 1. The van der Waals surface area contributed by atoms with Crippen molar-refractivity contribution in [3.63, 3.8) is 0 Å². The molecule has 0 amide bonds. The zero-order valence-electron chi connectivity index (χ0n) is 16.1. The van der Waals surface area contributed by atoms with Gasteiger partial charge in [-0.1, -0.05) is 6.58 Å². The molecule has 4 aliphatic rings. The summed E-state index contributed by atoms with van der Waals surface area (Å²) in [4.78, 5) is 24.5. The van der Waals surface area contributed by atoms with Crippen LogP contribution in [0.1, 0.15) is 32.1 Å². The Morgan fingerprint density at radius 1 is 1.14 bits per heavy atom. The van der Waals surface area contributed by atoms with Gasteiger partial charge in [-0.2, -0.15) is 0 Å². The number of carbonyl (C=O) groups is 2. The molecule has 4 fully saturated rings. The van der Waals surface area contributed by atoms with Crippen molar-refractivity contribution in [3.8, 4) is 0 Å². The predicted octanol–water partition coefficient (Wildman–Crippen LogP) is 0.868. The van der Waals surface area contributed by atoms with Crippen LogP contribution >= 0.6 is 0 Å². The number of hydrogen-bond acceptors (Lipinski definition) is 7. The third-order valence-electron chi connectivity index (χ3n) is 6.51. The van der Waals surface area contributed by atoms with Gasteiger partial charge in [0.25, 0.3) is 0 Å². The van der Waals surface area contributed by atoms with E-state index >= 15 is 0 Å². The van der Waals surface area contributed by atoms with Crippen molar-refractivity contribution < 1.29 is 32.2 Å². The highest BCUT2D eigenvalue weighted by Gasteiger charge is 2.51. The van der Waals surface area contributed by atoms with Gasteiger partial charge >= 0.3 is 11.9 Å². The fraction of sp³-hybridized carbons (Fsp3) is 0.789. The van der Waals surface area contributed by atoms with Crippen molar-refractivity contribution in [2.24, 2.45) is 17.3 Å². The smallest absolute Gasteiger partial charge is 0.334 e. The molecule has 0 aromatic rings. The van der Waals surface area contributed by atoms with E-state index < -0.39 is 22.0 Å². The Morgan fingerprint density at radius 2 is 1.75 bits per heavy atom. The van der Waals surface area contributed by atoms with E-state index in [2.05, 4.69) is 6.58 Å². The lowest BCUT2D eigenvalue weighted by Crippen LogP contribution is -2.55. The number of ether oxygens (including phenoxy) is 3. The fourth-order valence-electron chi connectivity index (χ4n) is 4.89. The first-order valence-corrected chi connectivity index (χ1v) is 11.6. The molecule has 2 heterocycles. The molecular weight excluding hydrogens is 386 g/mol. The van der Waals surface area contributed by atoms with E-state index in [0.717, 1.165) is 38.9 Å². The maximum Gasteiger partial charge on any atom is 0.334 e. The summed E-state index contributed by atoms with van der Waals surface area (Å²) in [5, 5.41) is 0. The van der Waals surface area contributed by atoms with Crippen LogP contribution in [0.2, 0.25) is 0 Å². The first kappa shape index (κ1) is 19.8.